The fourth-order valence-corrected chi connectivity index (χ4v) is 2.46. The maximum Gasteiger partial charge on any atom is 0.211 e. The normalized spacial score (nSPS) is 11.8. The van der Waals surface area contributed by atoms with Gasteiger partial charge in [-0.25, -0.2) is 13.1 Å². The van der Waals surface area contributed by atoms with E-state index < -0.39 is 10.0 Å². The smallest absolute Gasteiger partial charge is 0.211 e. The molecular weight excluding hydrogens is 277 g/mol. The number of unbranched alkanes of at least 4 members (excludes halogenated alkanes) is 1. The van der Waals surface area contributed by atoms with Crippen molar-refractivity contribution in [3.8, 4) is 0 Å². The molecule has 0 aromatic heterocycles. The van der Waals surface area contributed by atoms with Crippen LogP contribution in [0.3, 0.4) is 0 Å². The van der Waals surface area contributed by atoms with Crippen molar-refractivity contribution in [2.75, 3.05) is 16.7 Å². The average Bonchev–Trinajstić information content (AvgIpc) is 1.97. The maximum atomic E-state index is 11.0. The zero-order valence-electron chi connectivity index (χ0n) is 6.64. The predicted octanol–water partition coefficient (Wildman–Crippen LogP) is 1.14. The van der Waals surface area contributed by atoms with E-state index >= 15 is 0 Å². The summed E-state index contributed by atoms with van der Waals surface area (Å²) < 4.78 is 25.4. The molecule has 0 fully saturated rings. The van der Waals surface area contributed by atoms with E-state index in [1.165, 1.54) is 0 Å². The van der Waals surface area contributed by atoms with Crippen molar-refractivity contribution < 1.29 is 8.42 Å². The largest absolute Gasteiger partial charge is 0.214 e. The van der Waals surface area contributed by atoms with Crippen molar-refractivity contribution >= 4 is 32.6 Å². The van der Waals surface area contributed by atoms with Crippen LogP contribution in [0.4, 0.5) is 0 Å². The number of sulfonamides is 1. The molecule has 0 bridgehead atoms. The Kier molecular flexibility index (Phi) is 6.55. The number of hydrogen-bond donors (Lipinski definition) is 1. The van der Waals surface area contributed by atoms with Gasteiger partial charge in [0, 0.05) is 11.0 Å². The summed E-state index contributed by atoms with van der Waals surface area (Å²) in [5.41, 5.74) is 0. The van der Waals surface area contributed by atoms with Crippen LogP contribution in [0.15, 0.2) is 0 Å². The molecule has 0 spiro atoms. The first-order chi connectivity index (χ1) is 5.12. The molecule has 0 amide bonds. The van der Waals surface area contributed by atoms with Crippen LogP contribution in [0.1, 0.15) is 19.8 Å². The van der Waals surface area contributed by atoms with Crippen LogP contribution in [0.25, 0.3) is 0 Å². The Morgan fingerprint density at radius 2 is 2.09 bits per heavy atom. The summed E-state index contributed by atoms with van der Waals surface area (Å²) in [5, 5.41) is 0. The zero-order valence-corrected chi connectivity index (χ0v) is 9.61. The lowest BCUT2D eigenvalue weighted by atomic mass is 10.4. The first-order valence-electron chi connectivity index (χ1n) is 3.65. The average molecular weight is 291 g/mol. The molecule has 0 radical (unpaired) electrons. The van der Waals surface area contributed by atoms with Gasteiger partial charge in [0.25, 0.3) is 0 Å². The molecule has 0 heterocycles. The number of nitrogens with one attached hydrogen (secondary N) is 1. The highest BCUT2D eigenvalue weighted by Crippen LogP contribution is 1.93. The van der Waals surface area contributed by atoms with E-state index in [9.17, 15) is 8.42 Å². The Labute approximate surface area is 82.1 Å². The molecule has 1 N–H and O–H groups in total. The lowest BCUT2D eigenvalue weighted by molar-refractivity contribution is 0.581. The van der Waals surface area contributed by atoms with Gasteiger partial charge in [-0.1, -0.05) is 35.9 Å². The second-order valence-electron chi connectivity index (χ2n) is 2.26. The molecular formula is C6H14INO2S. The van der Waals surface area contributed by atoms with Gasteiger partial charge < -0.3 is 0 Å². The van der Waals surface area contributed by atoms with Gasteiger partial charge in [0.2, 0.25) is 10.0 Å². The molecule has 0 saturated heterocycles. The zero-order chi connectivity index (χ0) is 8.74. The van der Waals surface area contributed by atoms with E-state index in [0.717, 1.165) is 17.3 Å². The molecule has 0 aromatic rings. The Morgan fingerprint density at radius 3 is 2.55 bits per heavy atom. The van der Waals surface area contributed by atoms with Crippen LogP contribution < -0.4 is 4.72 Å². The highest BCUT2D eigenvalue weighted by Gasteiger charge is 2.06. The van der Waals surface area contributed by atoms with Crippen molar-refractivity contribution in [3.05, 3.63) is 0 Å². The highest BCUT2D eigenvalue weighted by molar-refractivity contribution is 14.1. The van der Waals surface area contributed by atoms with E-state index in [1.807, 2.05) is 6.92 Å². The van der Waals surface area contributed by atoms with Gasteiger partial charge in [-0.05, 0) is 6.42 Å². The van der Waals surface area contributed by atoms with Crippen LogP contribution in [0, 0.1) is 0 Å². The molecule has 11 heavy (non-hydrogen) atoms. The van der Waals surface area contributed by atoms with Crippen LogP contribution in [-0.2, 0) is 10.0 Å². The van der Waals surface area contributed by atoms with Gasteiger partial charge >= 0.3 is 0 Å². The third-order valence-corrected chi connectivity index (χ3v) is 3.19. The van der Waals surface area contributed by atoms with Crippen LogP contribution >= 0.6 is 22.6 Å². The van der Waals surface area contributed by atoms with E-state index in [2.05, 4.69) is 27.3 Å². The second kappa shape index (κ2) is 6.19. The summed E-state index contributed by atoms with van der Waals surface area (Å²) in [6, 6.07) is 0. The second-order valence-corrected chi connectivity index (χ2v) is 5.26. The first-order valence-corrected chi connectivity index (χ1v) is 6.83. The molecule has 68 valence electrons. The van der Waals surface area contributed by atoms with E-state index in [-0.39, 0.29) is 5.75 Å². The van der Waals surface area contributed by atoms with Crippen LogP contribution in [-0.4, -0.2) is 25.1 Å². The quantitative estimate of drug-likeness (QED) is 0.589. The van der Waals surface area contributed by atoms with Crippen molar-refractivity contribution in [1.29, 1.82) is 0 Å². The lowest BCUT2D eigenvalue weighted by Crippen LogP contribution is -2.27. The SMILES string of the molecule is CCCCS(=O)(=O)NCCI. The molecule has 0 aliphatic rings. The highest BCUT2D eigenvalue weighted by atomic mass is 127. The number of halogens is 1. The third kappa shape index (κ3) is 7.02. The topological polar surface area (TPSA) is 46.2 Å². The number of alkyl halides is 1. The van der Waals surface area contributed by atoms with Gasteiger partial charge in [-0.2, -0.15) is 0 Å². The van der Waals surface area contributed by atoms with E-state index in [4.69, 9.17) is 0 Å². The summed E-state index contributed by atoms with van der Waals surface area (Å²) in [5.74, 6) is 0.264. The molecule has 0 unspecified atom stereocenters. The summed E-state index contributed by atoms with van der Waals surface area (Å²) in [4.78, 5) is 0. The van der Waals surface area contributed by atoms with Crippen molar-refractivity contribution in [3.63, 3.8) is 0 Å². The maximum absolute atomic E-state index is 11.0. The van der Waals surface area contributed by atoms with Gasteiger partial charge in [0.05, 0.1) is 5.75 Å². The van der Waals surface area contributed by atoms with Gasteiger partial charge in [-0.15, -0.1) is 0 Å². The molecule has 0 rings (SSSR count). The summed E-state index contributed by atoms with van der Waals surface area (Å²) in [6.07, 6.45) is 1.67. The standard InChI is InChI=1S/C6H14INO2S/c1-2-3-6-11(9,10)8-5-4-7/h8H,2-6H2,1H3. The Morgan fingerprint density at radius 1 is 1.45 bits per heavy atom. The third-order valence-electron chi connectivity index (χ3n) is 1.18. The summed E-state index contributed by atoms with van der Waals surface area (Å²) in [7, 11) is -2.96. The summed E-state index contributed by atoms with van der Waals surface area (Å²) >= 11 is 2.14. The van der Waals surface area contributed by atoms with Crippen molar-refractivity contribution in [1.82, 2.24) is 4.72 Å². The van der Waals surface area contributed by atoms with Gasteiger partial charge in [-0.3, -0.25) is 0 Å². The van der Waals surface area contributed by atoms with Gasteiger partial charge in [0.1, 0.15) is 0 Å². The fraction of sp³-hybridized carbons (Fsp3) is 1.00. The van der Waals surface area contributed by atoms with Gasteiger partial charge in [0.15, 0.2) is 0 Å². The molecule has 0 atom stereocenters. The Balaban J connectivity index is 3.63. The van der Waals surface area contributed by atoms with E-state index in [1.54, 1.807) is 0 Å². The fourth-order valence-electron chi connectivity index (χ4n) is 0.601. The summed E-state index contributed by atoms with van der Waals surface area (Å²) in [6.45, 7) is 2.53. The predicted molar refractivity (Wildman–Crippen MR) is 55.6 cm³/mol. The molecule has 5 heteroatoms. The number of hydrogen-bond acceptors (Lipinski definition) is 2. The first kappa shape index (κ1) is 11.6. The van der Waals surface area contributed by atoms with Crippen molar-refractivity contribution in [2.45, 2.75) is 19.8 Å². The molecule has 0 aliphatic heterocycles. The minimum Gasteiger partial charge on any atom is -0.214 e. The monoisotopic (exact) mass is 291 g/mol. The molecule has 0 aliphatic carbocycles. The number of rotatable bonds is 6. The van der Waals surface area contributed by atoms with Crippen molar-refractivity contribution in [2.24, 2.45) is 0 Å². The minimum absolute atomic E-state index is 0.264. The molecule has 0 aromatic carbocycles. The Hall–Kier alpha value is 0.640. The molecule has 3 nitrogen and oxygen atoms in total. The van der Waals surface area contributed by atoms with Crippen LogP contribution in [0.5, 0.6) is 0 Å². The Bertz CT molecular complexity index is 165. The molecule has 0 saturated carbocycles. The van der Waals surface area contributed by atoms with E-state index in [0.29, 0.717) is 6.54 Å². The van der Waals surface area contributed by atoms with Crippen LogP contribution in [0.2, 0.25) is 0 Å². The lowest BCUT2D eigenvalue weighted by Gasteiger charge is -2.02. The minimum atomic E-state index is -2.96.